The first-order valence-electron chi connectivity index (χ1n) is 10.4. The molecule has 0 bridgehead atoms. The molecular weight excluding hydrogens is 398 g/mol. The van der Waals surface area contributed by atoms with Crippen molar-refractivity contribution in [2.45, 2.75) is 26.3 Å². The second-order valence-corrected chi connectivity index (χ2v) is 8.36. The summed E-state index contributed by atoms with van der Waals surface area (Å²) in [6.45, 7) is 4.81. The quantitative estimate of drug-likeness (QED) is 0.614. The summed E-state index contributed by atoms with van der Waals surface area (Å²) in [6.07, 6.45) is 1.66. The molecule has 6 nitrogen and oxygen atoms in total. The van der Waals surface area contributed by atoms with Gasteiger partial charge in [0.15, 0.2) is 5.13 Å². The van der Waals surface area contributed by atoms with Gasteiger partial charge in [-0.15, -0.1) is 0 Å². The van der Waals surface area contributed by atoms with Gasteiger partial charge in [0.2, 0.25) is 5.91 Å². The molecule has 2 heterocycles. The molecule has 1 aliphatic rings. The van der Waals surface area contributed by atoms with Gasteiger partial charge in [0.1, 0.15) is 11.5 Å². The smallest absolute Gasteiger partial charge is 0.223 e. The van der Waals surface area contributed by atoms with Crippen LogP contribution in [0, 0.1) is 5.92 Å². The van der Waals surface area contributed by atoms with Crippen molar-refractivity contribution in [1.29, 1.82) is 0 Å². The monoisotopic (exact) mass is 425 g/mol. The van der Waals surface area contributed by atoms with E-state index in [4.69, 9.17) is 14.5 Å². The minimum absolute atomic E-state index is 0.0369. The van der Waals surface area contributed by atoms with Gasteiger partial charge in [0, 0.05) is 31.1 Å². The number of hydrogen-bond acceptors (Lipinski definition) is 6. The van der Waals surface area contributed by atoms with Crippen molar-refractivity contribution in [3.8, 4) is 11.5 Å². The highest BCUT2D eigenvalue weighted by Crippen LogP contribution is 2.33. The van der Waals surface area contributed by atoms with E-state index in [1.54, 1.807) is 18.4 Å². The first-order valence-corrected chi connectivity index (χ1v) is 11.2. The van der Waals surface area contributed by atoms with Crippen LogP contribution in [0.1, 0.15) is 25.3 Å². The van der Waals surface area contributed by atoms with E-state index in [1.807, 2.05) is 43.3 Å². The molecule has 2 aromatic carbocycles. The van der Waals surface area contributed by atoms with E-state index in [-0.39, 0.29) is 11.8 Å². The molecule has 1 aliphatic heterocycles. The Morgan fingerprint density at radius 2 is 2.03 bits per heavy atom. The van der Waals surface area contributed by atoms with E-state index in [2.05, 4.69) is 16.3 Å². The summed E-state index contributed by atoms with van der Waals surface area (Å²) in [5, 5.41) is 4.09. The predicted octanol–water partition coefficient (Wildman–Crippen LogP) is 4.24. The van der Waals surface area contributed by atoms with E-state index < -0.39 is 0 Å². The lowest BCUT2D eigenvalue weighted by Gasteiger charge is -2.31. The lowest BCUT2D eigenvalue weighted by atomic mass is 9.96. The predicted molar refractivity (Wildman–Crippen MR) is 121 cm³/mol. The molecular formula is C23H27N3O3S. The summed E-state index contributed by atoms with van der Waals surface area (Å²) in [6, 6.07) is 13.8. The number of nitrogens with zero attached hydrogens (tertiary/aromatic N) is 2. The summed E-state index contributed by atoms with van der Waals surface area (Å²) >= 11 is 1.69. The highest BCUT2D eigenvalue weighted by molar-refractivity contribution is 7.22. The molecule has 0 spiro atoms. The minimum Gasteiger partial charge on any atom is -0.496 e. The van der Waals surface area contributed by atoms with Crippen molar-refractivity contribution >= 4 is 32.6 Å². The molecule has 4 rings (SSSR count). The maximum Gasteiger partial charge on any atom is 0.223 e. The third-order valence-corrected chi connectivity index (χ3v) is 6.52. The Bertz CT molecular complexity index is 1010. The number of amides is 1. The molecule has 1 N–H and O–H groups in total. The third kappa shape index (κ3) is 4.51. The van der Waals surface area contributed by atoms with Crippen molar-refractivity contribution in [3.05, 3.63) is 48.0 Å². The van der Waals surface area contributed by atoms with Crippen LogP contribution in [0.5, 0.6) is 11.5 Å². The number of nitrogens with one attached hydrogen (secondary N) is 1. The van der Waals surface area contributed by atoms with Crippen LogP contribution in [0.3, 0.4) is 0 Å². The third-order valence-electron chi connectivity index (χ3n) is 5.44. The molecule has 7 heteroatoms. The van der Waals surface area contributed by atoms with E-state index in [1.165, 1.54) is 0 Å². The van der Waals surface area contributed by atoms with Gasteiger partial charge >= 0.3 is 0 Å². The fraction of sp³-hybridized carbons (Fsp3) is 0.391. The van der Waals surface area contributed by atoms with Gasteiger partial charge in [-0.05, 0) is 44.0 Å². The zero-order valence-electron chi connectivity index (χ0n) is 17.4. The van der Waals surface area contributed by atoms with Gasteiger partial charge in [-0.25, -0.2) is 4.98 Å². The van der Waals surface area contributed by atoms with Crippen LogP contribution < -0.4 is 19.7 Å². The number of aromatic nitrogens is 1. The Morgan fingerprint density at radius 1 is 1.23 bits per heavy atom. The maximum atomic E-state index is 12.7. The second-order valence-electron chi connectivity index (χ2n) is 7.35. The first kappa shape index (κ1) is 20.5. The van der Waals surface area contributed by atoms with E-state index in [0.717, 1.165) is 58.3 Å². The molecule has 1 saturated heterocycles. The van der Waals surface area contributed by atoms with Crippen molar-refractivity contribution < 1.29 is 14.3 Å². The minimum atomic E-state index is 0.0369. The van der Waals surface area contributed by atoms with Crippen LogP contribution in [0.4, 0.5) is 5.13 Å². The topological polar surface area (TPSA) is 63.7 Å². The lowest BCUT2D eigenvalue weighted by molar-refractivity contribution is -0.125. The highest BCUT2D eigenvalue weighted by Gasteiger charge is 2.26. The van der Waals surface area contributed by atoms with E-state index >= 15 is 0 Å². The first-order chi connectivity index (χ1) is 14.7. The number of carbonyl (C=O) groups is 1. The maximum absolute atomic E-state index is 12.7. The molecule has 3 aromatic rings. The van der Waals surface area contributed by atoms with Crippen LogP contribution >= 0.6 is 11.3 Å². The largest absolute Gasteiger partial charge is 0.496 e. The second kappa shape index (κ2) is 9.34. The fourth-order valence-electron chi connectivity index (χ4n) is 3.79. The normalized spacial score (nSPS) is 14.7. The summed E-state index contributed by atoms with van der Waals surface area (Å²) < 4.78 is 12.1. The van der Waals surface area contributed by atoms with Crippen molar-refractivity contribution in [2.75, 3.05) is 31.7 Å². The van der Waals surface area contributed by atoms with Gasteiger partial charge in [-0.3, -0.25) is 4.79 Å². The number of para-hydroxylation sites is 1. The number of rotatable bonds is 7. The molecule has 1 fully saturated rings. The summed E-state index contributed by atoms with van der Waals surface area (Å²) in [5.74, 6) is 1.84. The zero-order chi connectivity index (χ0) is 20.9. The van der Waals surface area contributed by atoms with Gasteiger partial charge < -0.3 is 19.7 Å². The molecule has 1 aromatic heterocycles. The molecule has 158 valence electrons. The molecule has 30 heavy (non-hydrogen) atoms. The number of anilines is 1. The fourth-order valence-corrected chi connectivity index (χ4v) is 4.84. The van der Waals surface area contributed by atoms with Gasteiger partial charge in [-0.2, -0.15) is 0 Å². The zero-order valence-corrected chi connectivity index (χ0v) is 18.2. The number of piperidine rings is 1. The number of methoxy groups -OCH3 is 1. The number of thiazole rings is 1. The van der Waals surface area contributed by atoms with E-state index in [9.17, 15) is 4.79 Å². The average molecular weight is 426 g/mol. The molecule has 0 atom stereocenters. The molecule has 0 radical (unpaired) electrons. The highest BCUT2D eigenvalue weighted by atomic mass is 32.1. The lowest BCUT2D eigenvalue weighted by Crippen LogP contribution is -2.40. The van der Waals surface area contributed by atoms with Crippen molar-refractivity contribution in [3.63, 3.8) is 0 Å². The Hall–Kier alpha value is -2.80. The Balaban J connectivity index is 1.33. The van der Waals surface area contributed by atoms with Gasteiger partial charge in [0.25, 0.3) is 0 Å². The van der Waals surface area contributed by atoms with E-state index in [0.29, 0.717) is 13.2 Å². The summed E-state index contributed by atoms with van der Waals surface area (Å²) in [4.78, 5) is 19.7. The van der Waals surface area contributed by atoms with Crippen LogP contribution in [-0.2, 0) is 11.3 Å². The molecule has 1 amide bonds. The van der Waals surface area contributed by atoms with Crippen LogP contribution in [0.2, 0.25) is 0 Å². The average Bonchev–Trinajstić information content (AvgIpc) is 3.21. The number of carbonyl (C=O) groups excluding carboxylic acids is 1. The summed E-state index contributed by atoms with van der Waals surface area (Å²) in [7, 11) is 1.65. The molecule has 0 aliphatic carbocycles. The van der Waals surface area contributed by atoms with Crippen LogP contribution in [0.15, 0.2) is 42.5 Å². The molecule has 0 saturated carbocycles. The number of fused-ring (bicyclic) bond motifs is 1. The SMILES string of the molecule is CCOc1ccc2nc(N3CCC(C(=O)NCc4ccccc4OC)CC3)sc2c1. The number of benzene rings is 2. The van der Waals surface area contributed by atoms with Crippen molar-refractivity contribution in [1.82, 2.24) is 10.3 Å². The van der Waals surface area contributed by atoms with Crippen molar-refractivity contribution in [2.24, 2.45) is 5.92 Å². The van der Waals surface area contributed by atoms with Crippen LogP contribution in [-0.4, -0.2) is 37.7 Å². The van der Waals surface area contributed by atoms with Gasteiger partial charge in [-0.1, -0.05) is 29.5 Å². The molecule has 0 unspecified atom stereocenters. The van der Waals surface area contributed by atoms with Crippen LogP contribution in [0.25, 0.3) is 10.2 Å². The Kier molecular flexibility index (Phi) is 6.38. The Morgan fingerprint density at radius 3 is 2.80 bits per heavy atom. The Labute approximate surface area is 180 Å². The standard InChI is InChI=1S/C23H27N3O3S/c1-3-29-18-8-9-19-21(14-18)30-23(25-19)26-12-10-16(11-13-26)22(27)24-15-17-6-4-5-7-20(17)28-2/h4-9,14,16H,3,10-13,15H2,1-2H3,(H,24,27). The van der Waals surface area contributed by atoms with Gasteiger partial charge in [0.05, 0.1) is 23.9 Å². The summed E-state index contributed by atoms with van der Waals surface area (Å²) in [5.41, 5.74) is 1.99. The number of ether oxygens (including phenoxy) is 2. The number of hydrogen-bond donors (Lipinski definition) is 1.